The Morgan fingerprint density at radius 3 is 2.62 bits per heavy atom. The third-order valence-corrected chi connectivity index (χ3v) is 4.48. The van der Waals surface area contributed by atoms with Gasteiger partial charge in [0.05, 0.1) is 30.2 Å². The number of carbonyl (C=O) groups excluding carboxylic acids is 2. The molecular formula is C20H21N3O3. The number of pyridine rings is 1. The summed E-state index contributed by atoms with van der Waals surface area (Å²) in [5, 5.41) is 9.45. The van der Waals surface area contributed by atoms with E-state index >= 15 is 0 Å². The monoisotopic (exact) mass is 351 g/mol. The molecule has 0 bridgehead atoms. The van der Waals surface area contributed by atoms with Crippen LogP contribution >= 0.6 is 0 Å². The largest absolute Gasteiger partial charge is 0.395 e. The number of para-hydroxylation sites is 1. The van der Waals surface area contributed by atoms with Gasteiger partial charge in [-0.3, -0.25) is 19.6 Å². The topological polar surface area (TPSA) is 82.9 Å². The minimum absolute atomic E-state index is 0.0621. The molecule has 1 amide bonds. The molecule has 2 aromatic rings. The number of anilines is 1. The van der Waals surface area contributed by atoms with Gasteiger partial charge in [-0.25, -0.2) is 0 Å². The van der Waals surface area contributed by atoms with Crippen LogP contribution in [0.1, 0.15) is 25.1 Å². The number of aliphatic hydroxyl groups is 1. The molecule has 6 nitrogen and oxygen atoms in total. The van der Waals surface area contributed by atoms with E-state index in [-0.39, 0.29) is 31.4 Å². The molecule has 26 heavy (non-hydrogen) atoms. The molecule has 134 valence electrons. The van der Waals surface area contributed by atoms with Gasteiger partial charge in [0.15, 0.2) is 5.78 Å². The van der Waals surface area contributed by atoms with E-state index in [2.05, 4.69) is 9.98 Å². The number of carbonyl (C=O) groups is 2. The first kappa shape index (κ1) is 17.9. The number of amides is 1. The molecule has 1 aliphatic heterocycles. The highest BCUT2D eigenvalue weighted by Gasteiger charge is 2.32. The van der Waals surface area contributed by atoms with Crippen molar-refractivity contribution in [2.75, 3.05) is 24.6 Å². The number of ketones is 1. The average Bonchev–Trinajstić information content (AvgIpc) is 2.80. The summed E-state index contributed by atoms with van der Waals surface area (Å²) in [5.41, 5.74) is 1.78. The number of benzene rings is 1. The lowest BCUT2D eigenvalue weighted by Gasteiger charge is -2.27. The molecule has 0 radical (unpaired) electrons. The molecule has 2 heterocycles. The second kappa shape index (κ2) is 7.17. The zero-order valence-electron chi connectivity index (χ0n) is 14.8. The molecule has 0 saturated carbocycles. The van der Waals surface area contributed by atoms with Crippen LogP contribution in [0.2, 0.25) is 0 Å². The van der Waals surface area contributed by atoms with Crippen LogP contribution in [0.5, 0.6) is 0 Å². The molecular weight excluding hydrogens is 330 g/mol. The smallest absolute Gasteiger partial charge is 0.249 e. The third-order valence-electron chi connectivity index (χ3n) is 4.48. The van der Waals surface area contributed by atoms with E-state index in [1.165, 1.54) is 4.90 Å². The maximum Gasteiger partial charge on any atom is 0.249 e. The van der Waals surface area contributed by atoms with Crippen molar-refractivity contribution in [2.45, 2.75) is 13.8 Å². The third kappa shape index (κ3) is 3.41. The molecule has 0 unspecified atom stereocenters. The van der Waals surface area contributed by atoms with E-state index in [4.69, 9.17) is 0 Å². The quantitative estimate of drug-likeness (QED) is 0.891. The van der Waals surface area contributed by atoms with E-state index in [0.717, 1.165) is 5.56 Å². The van der Waals surface area contributed by atoms with Gasteiger partial charge in [-0.15, -0.1) is 0 Å². The lowest BCUT2D eigenvalue weighted by Crippen LogP contribution is -2.42. The molecule has 1 aliphatic rings. The first-order valence-electron chi connectivity index (χ1n) is 8.44. The van der Waals surface area contributed by atoms with Crippen molar-refractivity contribution in [3.63, 3.8) is 0 Å². The number of hydrogen-bond acceptors (Lipinski definition) is 5. The molecule has 0 spiro atoms. The van der Waals surface area contributed by atoms with Crippen LogP contribution < -0.4 is 4.90 Å². The average molecular weight is 351 g/mol. The highest BCUT2D eigenvalue weighted by atomic mass is 16.3. The van der Waals surface area contributed by atoms with Crippen molar-refractivity contribution in [2.24, 2.45) is 10.4 Å². The van der Waals surface area contributed by atoms with Gasteiger partial charge in [0.25, 0.3) is 0 Å². The molecule has 3 rings (SSSR count). The zero-order chi connectivity index (χ0) is 18.7. The standard InChI is InChI=1S/C20H21N3O3/c1-20(2,13-24)17(25)12-23-16-9-4-3-7-14(16)19(22-11-18(23)26)15-8-5-6-10-21-15/h3-10,24H,11-13H2,1-2H3. The summed E-state index contributed by atoms with van der Waals surface area (Å²) in [5.74, 6) is -0.463. The Bertz CT molecular complexity index is 860. The van der Waals surface area contributed by atoms with Crippen molar-refractivity contribution in [3.05, 3.63) is 59.9 Å². The number of Topliss-reactive ketones (excluding diaryl/α,β-unsaturated/α-hetero) is 1. The number of fused-ring (bicyclic) bond motifs is 1. The van der Waals surface area contributed by atoms with E-state index in [1.807, 2.05) is 36.4 Å². The maximum atomic E-state index is 12.7. The zero-order valence-corrected chi connectivity index (χ0v) is 14.8. The van der Waals surface area contributed by atoms with Gasteiger partial charge in [-0.05, 0) is 18.2 Å². The minimum atomic E-state index is -0.911. The number of aliphatic imine (C=N–C) groups is 1. The van der Waals surface area contributed by atoms with Crippen LogP contribution in [0.3, 0.4) is 0 Å². The first-order valence-corrected chi connectivity index (χ1v) is 8.44. The van der Waals surface area contributed by atoms with Gasteiger partial charge < -0.3 is 10.0 Å². The number of aromatic nitrogens is 1. The van der Waals surface area contributed by atoms with Crippen molar-refractivity contribution >= 4 is 23.1 Å². The normalized spacial score (nSPS) is 14.5. The van der Waals surface area contributed by atoms with Crippen molar-refractivity contribution in [3.8, 4) is 0 Å². The van der Waals surface area contributed by atoms with Gasteiger partial charge in [0, 0.05) is 17.2 Å². The summed E-state index contributed by atoms with van der Waals surface area (Å²) in [4.78, 5) is 35.5. The summed E-state index contributed by atoms with van der Waals surface area (Å²) in [6, 6.07) is 12.9. The van der Waals surface area contributed by atoms with E-state index in [9.17, 15) is 14.7 Å². The lowest BCUT2D eigenvalue weighted by molar-refractivity contribution is -0.129. The Morgan fingerprint density at radius 2 is 1.92 bits per heavy atom. The van der Waals surface area contributed by atoms with Gasteiger partial charge in [0.2, 0.25) is 5.91 Å². The molecule has 0 fully saturated rings. The summed E-state index contributed by atoms with van der Waals surface area (Å²) >= 11 is 0. The Labute approximate surface area is 152 Å². The summed E-state index contributed by atoms with van der Waals surface area (Å²) in [6.45, 7) is 2.89. The summed E-state index contributed by atoms with van der Waals surface area (Å²) in [6.07, 6.45) is 1.68. The Morgan fingerprint density at radius 1 is 1.19 bits per heavy atom. The van der Waals surface area contributed by atoms with Crippen LogP contribution in [0, 0.1) is 5.41 Å². The molecule has 0 aliphatic carbocycles. The van der Waals surface area contributed by atoms with Crippen LogP contribution in [-0.2, 0) is 9.59 Å². The van der Waals surface area contributed by atoms with E-state index in [0.29, 0.717) is 17.1 Å². The number of nitrogens with zero attached hydrogens (tertiary/aromatic N) is 3. The van der Waals surface area contributed by atoms with Crippen molar-refractivity contribution < 1.29 is 14.7 Å². The van der Waals surface area contributed by atoms with Crippen LogP contribution in [0.4, 0.5) is 5.69 Å². The number of rotatable bonds is 5. The predicted molar refractivity (Wildman–Crippen MR) is 99.4 cm³/mol. The Kier molecular flexibility index (Phi) is 4.95. The van der Waals surface area contributed by atoms with Crippen LogP contribution in [-0.4, -0.2) is 47.2 Å². The second-order valence-electron chi connectivity index (χ2n) is 6.84. The fraction of sp³-hybridized carbons (Fsp3) is 0.300. The van der Waals surface area contributed by atoms with Gasteiger partial charge in [-0.2, -0.15) is 0 Å². The SMILES string of the molecule is CC(C)(CO)C(=O)CN1C(=O)CN=C(c2ccccn2)c2ccccc21. The fourth-order valence-corrected chi connectivity index (χ4v) is 2.70. The summed E-state index contributed by atoms with van der Waals surface area (Å²) in [7, 11) is 0. The predicted octanol–water partition coefficient (Wildman–Crippen LogP) is 1.85. The highest BCUT2D eigenvalue weighted by molar-refractivity contribution is 6.19. The fourth-order valence-electron chi connectivity index (χ4n) is 2.70. The van der Waals surface area contributed by atoms with Crippen molar-refractivity contribution in [1.82, 2.24) is 4.98 Å². The van der Waals surface area contributed by atoms with Crippen LogP contribution in [0.25, 0.3) is 0 Å². The second-order valence-corrected chi connectivity index (χ2v) is 6.84. The molecule has 6 heteroatoms. The summed E-state index contributed by atoms with van der Waals surface area (Å²) < 4.78 is 0. The number of benzodiazepines with no additional fused rings is 1. The van der Waals surface area contributed by atoms with E-state index < -0.39 is 5.41 Å². The number of hydrogen-bond donors (Lipinski definition) is 1. The molecule has 0 saturated heterocycles. The molecule has 1 aromatic carbocycles. The molecule has 0 atom stereocenters. The molecule has 1 N–H and O–H groups in total. The highest BCUT2D eigenvalue weighted by Crippen LogP contribution is 2.27. The first-order chi connectivity index (χ1) is 12.4. The van der Waals surface area contributed by atoms with Gasteiger partial charge in [0.1, 0.15) is 6.54 Å². The number of aliphatic hydroxyl groups excluding tert-OH is 1. The Balaban J connectivity index is 2.03. The Hall–Kier alpha value is -2.86. The maximum absolute atomic E-state index is 12.7. The van der Waals surface area contributed by atoms with E-state index in [1.54, 1.807) is 26.1 Å². The lowest BCUT2D eigenvalue weighted by atomic mass is 9.88. The van der Waals surface area contributed by atoms with Gasteiger partial charge >= 0.3 is 0 Å². The van der Waals surface area contributed by atoms with Gasteiger partial charge in [-0.1, -0.05) is 38.1 Å². The van der Waals surface area contributed by atoms with Crippen molar-refractivity contribution in [1.29, 1.82) is 0 Å². The molecule has 1 aromatic heterocycles. The van der Waals surface area contributed by atoms with Crippen LogP contribution in [0.15, 0.2) is 53.7 Å². The minimum Gasteiger partial charge on any atom is -0.395 e.